The highest BCUT2D eigenvalue weighted by atomic mass is 32.1. The zero-order valence-electron chi connectivity index (χ0n) is 13.9. The van der Waals surface area contributed by atoms with Crippen molar-refractivity contribution in [1.82, 2.24) is 35.3 Å². The van der Waals surface area contributed by atoms with Crippen molar-refractivity contribution in [2.24, 2.45) is 0 Å². The number of thiophene rings is 1. The Morgan fingerprint density at radius 2 is 2.40 bits per heavy atom. The number of carbonyl (C=O) groups is 1. The Kier molecular flexibility index (Phi) is 4.31. The number of likely N-dealkylation sites (N-methyl/N-ethyl adjacent to an activating group) is 1. The van der Waals surface area contributed by atoms with E-state index in [1.54, 1.807) is 20.9 Å². The Hall–Kier alpha value is -2.55. The van der Waals surface area contributed by atoms with E-state index in [1.807, 2.05) is 30.6 Å². The second kappa shape index (κ2) is 6.75. The van der Waals surface area contributed by atoms with Crippen molar-refractivity contribution in [2.45, 2.75) is 38.3 Å². The van der Waals surface area contributed by atoms with Crippen LogP contribution in [0.1, 0.15) is 36.7 Å². The molecule has 4 heterocycles. The third-order valence-electron chi connectivity index (χ3n) is 4.47. The topological polar surface area (TPSA) is 92.6 Å². The molecule has 1 amide bonds. The van der Waals surface area contributed by atoms with Gasteiger partial charge in [0.2, 0.25) is 5.91 Å². The molecule has 0 radical (unpaired) electrons. The Labute approximate surface area is 148 Å². The highest BCUT2D eigenvalue weighted by molar-refractivity contribution is 7.13. The van der Waals surface area contributed by atoms with Gasteiger partial charge < -0.3 is 4.90 Å². The summed E-state index contributed by atoms with van der Waals surface area (Å²) >= 11 is 1.64. The van der Waals surface area contributed by atoms with Gasteiger partial charge in [0.1, 0.15) is 5.69 Å². The molecule has 25 heavy (non-hydrogen) atoms. The molecule has 130 valence electrons. The third kappa shape index (κ3) is 3.19. The molecule has 0 bridgehead atoms. The van der Waals surface area contributed by atoms with E-state index in [4.69, 9.17) is 0 Å². The van der Waals surface area contributed by atoms with Gasteiger partial charge in [-0.05, 0) is 40.8 Å². The zero-order valence-corrected chi connectivity index (χ0v) is 14.7. The second-order valence-corrected chi connectivity index (χ2v) is 7.21. The number of carbonyl (C=O) groups excluding carboxylic acids is 1. The molecule has 0 saturated heterocycles. The lowest BCUT2D eigenvalue weighted by atomic mass is 10.0. The summed E-state index contributed by atoms with van der Waals surface area (Å²) in [5.74, 6) is 0.450. The van der Waals surface area contributed by atoms with E-state index < -0.39 is 0 Å². The SMILES string of the molecule is CN(Cc1cc(-c2cccs2)n[nH]1)C(=O)C1CCCCn2nnnc21. The van der Waals surface area contributed by atoms with Gasteiger partial charge in [0, 0.05) is 13.6 Å². The molecule has 1 atom stereocenters. The van der Waals surface area contributed by atoms with E-state index in [1.165, 1.54) is 0 Å². The summed E-state index contributed by atoms with van der Waals surface area (Å²) < 4.78 is 1.76. The van der Waals surface area contributed by atoms with Crippen molar-refractivity contribution in [3.05, 3.63) is 35.1 Å². The average Bonchev–Trinajstić information content (AvgIpc) is 3.34. The van der Waals surface area contributed by atoms with Crippen LogP contribution in [0, 0.1) is 0 Å². The molecule has 4 rings (SSSR count). The molecule has 8 nitrogen and oxygen atoms in total. The first-order valence-electron chi connectivity index (χ1n) is 8.31. The van der Waals surface area contributed by atoms with E-state index in [9.17, 15) is 4.79 Å². The number of rotatable bonds is 4. The van der Waals surface area contributed by atoms with Crippen LogP contribution < -0.4 is 0 Å². The van der Waals surface area contributed by atoms with Gasteiger partial charge in [-0.1, -0.05) is 12.5 Å². The maximum Gasteiger partial charge on any atom is 0.233 e. The smallest absolute Gasteiger partial charge is 0.233 e. The number of H-pyrrole nitrogens is 1. The molecule has 0 aromatic carbocycles. The van der Waals surface area contributed by atoms with Gasteiger partial charge in [-0.2, -0.15) is 5.10 Å². The van der Waals surface area contributed by atoms with Crippen molar-refractivity contribution >= 4 is 17.2 Å². The van der Waals surface area contributed by atoms with Gasteiger partial charge in [0.05, 0.1) is 23.0 Å². The predicted octanol–water partition coefficient (Wildman–Crippen LogP) is 2.05. The van der Waals surface area contributed by atoms with E-state index in [-0.39, 0.29) is 11.8 Å². The van der Waals surface area contributed by atoms with Crippen molar-refractivity contribution in [1.29, 1.82) is 0 Å². The van der Waals surface area contributed by atoms with Crippen molar-refractivity contribution < 1.29 is 4.79 Å². The maximum absolute atomic E-state index is 12.9. The van der Waals surface area contributed by atoms with E-state index in [2.05, 4.69) is 25.7 Å². The summed E-state index contributed by atoms with van der Waals surface area (Å²) in [6, 6.07) is 6.03. The normalized spacial score (nSPS) is 17.1. The average molecular weight is 357 g/mol. The minimum atomic E-state index is -0.276. The minimum absolute atomic E-state index is 0.0465. The monoisotopic (exact) mass is 357 g/mol. The Bertz CT molecular complexity index is 854. The number of amides is 1. The zero-order chi connectivity index (χ0) is 17.2. The first kappa shape index (κ1) is 15.9. The number of nitrogens with one attached hydrogen (secondary N) is 1. The van der Waals surface area contributed by atoms with Crippen molar-refractivity contribution in [3.63, 3.8) is 0 Å². The fourth-order valence-corrected chi connectivity index (χ4v) is 3.87. The maximum atomic E-state index is 12.9. The second-order valence-electron chi connectivity index (χ2n) is 6.26. The molecule has 3 aromatic rings. The Morgan fingerprint density at radius 1 is 1.48 bits per heavy atom. The number of aryl methyl sites for hydroxylation is 1. The molecular formula is C16H19N7OS. The molecule has 9 heteroatoms. The lowest BCUT2D eigenvalue weighted by Crippen LogP contribution is -2.32. The first-order chi connectivity index (χ1) is 12.2. The van der Waals surface area contributed by atoms with Gasteiger partial charge in [-0.25, -0.2) is 4.68 Å². The fourth-order valence-electron chi connectivity index (χ4n) is 3.19. The lowest BCUT2D eigenvalue weighted by Gasteiger charge is -2.21. The number of tetrazole rings is 1. The van der Waals surface area contributed by atoms with Crippen LogP contribution in [-0.4, -0.2) is 48.3 Å². The number of nitrogens with zero attached hydrogens (tertiary/aromatic N) is 6. The van der Waals surface area contributed by atoms with Crippen LogP contribution in [0.2, 0.25) is 0 Å². The number of aromatic nitrogens is 6. The predicted molar refractivity (Wildman–Crippen MR) is 92.8 cm³/mol. The summed E-state index contributed by atoms with van der Waals surface area (Å²) in [5, 5.41) is 21.2. The Morgan fingerprint density at radius 3 is 3.24 bits per heavy atom. The summed E-state index contributed by atoms with van der Waals surface area (Å²) in [5.41, 5.74) is 1.82. The summed E-state index contributed by atoms with van der Waals surface area (Å²) in [6.07, 6.45) is 2.77. The van der Waals surface area contributed by atoms with E-state index in [0.29, 0.717) is 12.4 Å². The standard InChI is InChI=1S/C16H19N7OS/c1-22(10-11-9-13(18-17-11)14-6-4-8-25-14)16(24)12-5-2-3-7-23-15(12)19-20-21-23/h4,6,8-9,12H,2-3,5,7,10H2,1H3,(H,17,18). The van der Waals surface area contributed by atoms with Crippen molar-refractivity contribution in [2.75, 3.05) is 7.05 Å². The summed E-state index contributed by atoms with van der Waals surface area (Å²) in [7, 11) is 1.81. The molecule has 0 saturated carbocycles. The van der Waals surface area contributed by atoms with Crippen LogP contribution in [0.25, 0.3) is 10.6 Å². The van der Waals surface area contributed by atoms with Crippen LogP contribution in [0.15, 0.2) is 23.6 Å². The summed E-state index contributed by atoms with van der Waals surface area (Å²) in [6.45, 7) is 1.26. The number of hydrogen-bond donors (Lipinski definition) is 1. The number of aromatic amines is 1. The quantitative estimate of drug-likeness (QED) is 0.771. The van der Waals surface area contributed by atoms with Crippen LogP contribution in [-0.2, 0) is 17.9 Å². The molecule has 1 aliphatic heterocycles. The van der Waals surface area contributed by atoms with E-state index in [0.717, 1.165) is 42.1 Å². The van der Waals surface area contributed by atoms with Gasteiger partial charge in [0.15, 0.2) is 5.82 Å². The lowest BCUT2D eigenvalue weighted by molar-refractivity contribution is -0.132. The van der Waals surface area contributed by atoms with Crippen LogP contribution in [0.5, 0.6) is 0 Å². The summed E-state index contributed by atoms with van der Waals surface area (Å²) in [4.78, 5) is 15.8. The van der Waals surface area contributed by atoms with Gasteiger partial charge in [-0.3, -0.25) is 9.89 Å². The molecule has 1 N–H and O–H groups in total. The molecule has 0 aliphatic carbocycles. The fraction of sp³-hybridized carbons (Fsp3) is 0.438. The molecule has 3 aromatic heterocycles. The molecule has 0 fully saturated rings. The highest BCUT2D eigenvalue weighted by Gasteiger charge is 2.30. The number of hydrogen-bond acceptors (Lipinski definition) is 6. The molecule has 0 spiro atoms. The van der Waals surface area contributed by atoms with Gasteiger partial charge >= 0.3 is 0 Å². The molecular weight excluding hydrogens is 338 g/mol. The van der Waals surface area contributed by atoms with E-state index >= 15 is 0 Å². The molecule has 1 aliphatic rings. The van der Waals surface area contributed by atoms with Gasteiger partial charge in [0.25, 0.3) is 0 Å². The van der Waals surface area contributed by atoms with Crippen LogP contribution >= 0.6 is 11.3 Å². The van der Waals surface area contributed by atoms with Crippen LogP contribution in [0.4, 0.5) is 0 Å². The molecule has 1 unspecified atom stereocenters. The number of fused-ring (bicyclic) bond motifs is 1. The highest BCUT2D eigenvalue weighted by Crippen LogP contribution is 2.27. The third-order valence-corrected chi connectivity index (χ3v) is 5.36. The Balaban J connectivity index is 1.48. The van der Waals surface area contributed by atoms with Crippen molar-refractivity contribution in [3.8, 4) is 10.6 Å². The first-order valence-corrected chi connectivity index (χ1v) is 9.19. The van der Waals surface area contributed by atoms with Gasteiger partial charge in [-0.15, -0.1) is 16.4 Å². The minimum Gasteiger partial charge on any atom is -0.339 e. The van der Waals surface area contributed by atoms with Crippen LogP contribution in [0.3, 0.4) is 0 Å². The largest absolute Gasteiger partial charge is 0.339 e.